The van der Waals surface area contributed by atoms with Crippen molar-refractivity contribution in [1.82, 2.24) is 28.6 Å². The van der Waals surface area contributed by atoms with Gasteiger partial charge in [0.15, 0.2) is 0 Å². The Morgan fingerprint density at radius 2 is 1.67 bits per heavy atom. The Hall–Kier alpha value is -3.79. The maximum Gasteiger partial charge on any atom is 0.251 e. The molecular weight excluding hydrogens is 746 g/mol. The Balaban J connectivity index is 1.09. The number of aromatic nitrogens is 2. The molecule has 288 valence electrons. The third-order valence-corrected chi connectivity index (χ3v) is 14.2. The molecule has 4 heterocycles. The lowest BCUT2D eigenvalue weighted by molar-refractivity contribution is 0.0954. The summed E-state index contributed by atoms with van der Waals surface area (Å²) in [6.45, 7) is 6.20. The van der Waals surface area contributed by atoms with Gasteiger partial charge in [-0.1, -0.05) is 41.9 Å². The second kappa shape index (κ2) is 15.8. The van der Waals surface area contributed by atoms with Gasteiger partial charge in [-0.25, -0.2) is 21.1 Å². The highest BCUT2D eigenvalue weighted by atomic mass is 35.5. The average Bonchev–Trinajstić information content (AvgIpc) is 3.91. The fraction of sp³-hybridized carbons (Fsp3) is 0.436. The van der Waals surface area contributed by atoms with E-state index in [9.17, 15) is 21.6 Å². The van der Waals surface area contributed by atoms with E-state index in [1.807, 2.05) is 47.4 Å². The predicted octanol–water partition coefficient (Wildman–Crippen LogP) is 4.72. The zero-order valence-corrected chi connectivity index (χ0v) is 33.5. The lowest BCUT2D eigenvalue weighted by Crippen LogP contribution is -2.35. The number of halogens is 1. The zero-order chi connectivity index (χ0) is 38.2. The minimum Gasteiger partial charge on any atom is -0.368 e. The van der Waals surface area contributed by atoms with Crippen LogP contribution in [0, 0.1) is 0 Å². The minimum atomic E-state index is -3.63. The summed E-state index contributed by atoms with van der Waals surface area (Å²) in [6.07, 6.45) is 6.04. The van der Waals surface area contributed by atoms with E-state index in [-0.39, 0.29) is 17.3 Å². The van der Waals surface area contributed by atoms with Gasteiger partial charge in [0.2, 0.25) is 20.0 Å². The van der Waals surface area contributed by atoms with Crippen LogP contribution in [0.5, 0.6) is 0 Å². The fourth-order valence-electron chi connectivity index (χ4n) is 7.87. The molecule has 0 radical (unpaired) electrons. The number of hydrogen-bond acceptors (Lipinski definition) is 8. The highest BCUT2D eigenvalue weighted by molar-refractivity contribution is 7.89. The molecule has 0 saturated carbocycles. The van der Waals surface area contributed by atoms with Crippen LogP contribution in [-0.4, -0.2) is 112 Å². The minimum absolute atomic E-state index is 0.250. The third kappa shape index (κ3) is 7.96. The molecule has 1 amide bonds. The Kier molecular flexibility index (Phi) is 11.2. The number of aryl methyl sites for hydroxylation is 1. The van der Waals surface area contributed by atoms with Crippen LogP contribution in [0.3, 0.4) is 0 Å². The molecule has 0 atom stereocenters. The summed E-state index contributed by atoms with van der Waals surface area (Å²) in [5, 5.41) is 8.62. The van der Waals surface area contributed by atoms with Crippen molar-refractivity contribution >= 4 is 43.2 Å². The number of sulfonamides is 2. The molecule has 3 aliphatic rings. The zero-order valence-electron chi connectivity index (χ0n) is 31.1. The van der Waals surface area contributed by atoms with E-state index in [4.69, 9.17) is 16.7 Å². The average molecular weight is 794 g/mol. The molecule has 54 heavy (non-hydrogen) atoms. The normalized spacial score (nSPS) is 16.6. The molecule has 1 fully saturated rings. The van der Waals surface area contributed by atoms with Gasteiger partial charge in [-0.05, 0) is 86.8 Å². The Bertz CT molecular complexity index is 2270. The lowest BCUT2D eigenvalue weighted by Gasteiger charge is -2.26. The first kappa shape index (κ1) is 38.5. The number of anilines is 1. The van der Waals surface area contributed by atoms with Gasteiger partial charge in [-0.3, -0.25) is 9.48 Å². The molecule has 4 aromatic rings. The molecule has 1 N–H and O–H groups in total. The van der Waals surface area contributed by atoms with Crippen LogP contribution in [0.15, 0.2) is 65.6 Å². The first-order valence-corrected chi connectivity index (χ1v) is 22.2. The first-order valence-electron chi connectivity index (χ1n) is 18.5. The van der Waals surface area contributed by atoms with Gasteiger partial charge in [0.25, 0.3) is 5.91 Å². The van der Waals surface area contributed by atoms with Crippen LogP contribution in [0.2, 0.25) is 5.02 Å². The molecule has 0 bridgehead atoms. The smallest absolute Gasteiger partial charge is 0.251 e. The summed E-state index contributed by atoms with van der Waals surface area (Å²) in [4.78, 5) is 18.2. The molecule has 1 saturated heterocycles. The van der Waals surface area contributed by atoms with Crippen molar-refractivity contribution in [3.8, 4) is 22.4 Å². The Morgan fingerprint density at radius 3 is 2.43 bits per heavy atom. The van der Waals surface area contributed by atoms with Crippen molar-refractivity contribution in [3.63, 3.8) is 0 Å². The number of nitrogens with zero attached hydrogens (tertiary/aromatic N) is 6. The van der Waals surface area contributed by atoms with Crippen molar-refractivity contribution in [1.29, 1.82) is 0 Å². The number of carbonyl (C=O) groups is 1. The van der Waals surface area contributed by atoms with Crippen molar-refractivity contribution in [2.45, 2.75) is 50.1 Å². The van der Waals surface area contributed by atoms with Crippen LogP contribution in [0.25, 0.3) is 22.4 Å². The number of hydrogen-bond donors (Lipinski definition) is 1. The highest BCUT2D eigenvalue weighted by Gasteiger charge is 2.31. The van der Waals surface area contributed by atoms with Crippen molar-refractivity contribution in [2.75, 3.05) is 71.1 Å². The molecular formula is C39H48ClN7O5S2. The number of para-hydroxylation sites is 1. The van der Waals surface area contributed by atoms with E-state index in [1.165, 1.54) is 41.8 Å². The van der Waals surface area contributed by atoms with Gasteiger partial charge in [-0.15, -0.1) is 0 Å². The molecule has 15 heteroatoms. The second-order valence-corrected chi connectivity index (χ2v) is 19.1. The van der Waals surface area contributed by atoms with Crippen molar-refractivity contribution in [2.24, 2.45) is 0 Å². The number of likely N-dealkylation sites (tertiary alicyclic amines) is 1. The standard InChI is InChI=1S/C39H48ClN7O5S2/c1-43(2)54(51,52)36-12-7-9-28-15-22-45(38(28)36)24-17-41-39(48)31-11-6-10-29(25-31)32-26-30(13-14-34(32)40)37-33-27-46(53(3,49)50)23-16-35(33)47(42-37)21-8-20-44-18-4-5-19-44/h6-7,9-14,25-26H,4-5,8,15-24,27H2,1-3H3,(H,41,48). The van der Waals surface area contributed by atoms with Gasteiger partial charge in [0.1, 0.15) is 4.90 Å². The summed E-state index contributed by atoms with van der Waals surface area (Å²) < 4.78 is 56.2. The lowest BCUT2D eigenvalue weighted by atomic mass is 9.97. The Labute approximate surface area is 323 Å². The summed E-state index contributed by atoms with van der Waals surface area (Å²) in [7, 11) is -3.97. The number of benzene rings is 3. The maximum atomic E-state index is 13.4. The summed E-state index contributed by atoms with van der Waals surface area (Å²) in [5.74, 6) is -0.250. The van der Waals surface area contributed by atoms with Gasteiger partial charge in [0.05, 0.1) is 17.6 Å². The van der Waals surface area contributed by atoms with E-state index in [1.54, 1.807) is 18.2 Å². The molecule has 0 unspecified atom stereocenters. The maximum absolute atomic E-state index is 13.4. The topological polar surface area (TPSA) is 128 Å². The molecule has 12 nitrogen and oxygen atoms in total. The number of carbonyl (C=O) groups excluding carboxylic acids is 1. The number of nitrogens with one attached hydrogen (secondary N) is 1. The van der Waals surface area contributed by atoms with E-state index >= 15 is 0 Å². The number of amides is 1. The second-order valence-electron chi connectivity index (χ2n) is 14.6. The number of fused-ring (bicyclic) bond motifs is 2. The highest BCUT2D eigenvalue weighted by Crippen LogP contribution is 2.37. The van der Waals surface area contributed by atoms with Crippen molar-refractivity contribution < 1.29 is 21.6 Å². The van der Waals surface area contributed by atoms with E-state index in [2.05, 4.69) is 14.9 Å². The summed E-state index contributed by atoms with van der Waals surface area (Å²) >= 11 is 6.80. The van der Waals surface area contributed by atoms with E-state index < -0.39 is 20.0 Å². The van der Waals surface area contributed by atoms with E-state index in [0.717, 1.165) is 78.2 Å². The van der Waals surface area contributed by atoms with Crippen molar-refractivity contribution in [3.05, 3.63) is 88.1 Å². The van der Waals surface area contributed by atoms with Crippen LogP contribution >= 0.6 is 11.6 Å². The fourth-order valence-corrected chi connectivity index (χ4v) is 10.0. The van der Waals surface area contributed by atoms with Gasteiger partial charge in [0, 0.05) is 92.8 Å². The van der Waals surface area contributed by atoms with E-state index in [0.29, 0.717) is 48.9 Å². The van der Waals surface area contributed by atoms with Crippen LogP contribution < -0.4 is 10.2 Å². The molecule has 3 aromatic carbocycles. The van der Waals surface area contributed by atoms with Gasteiger partial charge in [-0.2, -0.15) is 9.40 Å². The SMILES string of the molecule is CN(C)S(=O)(=O)c1cccc2c1N(CCNC(=O)c1cccc(-c3cc(-c4nn(CCCN5CCCC5)c5c4CN(S(C)(=O)=O)CC5)ccc3Cl)c1)CC2. The van der Waals surface area contributed by atoms with Gasteiger partial charge >= 0.3 is 0 Å². The quantitative estimate of drug-likeness (QED) is 0.206. The summed E-state index contributed by atoms with van der Waals surface area (Å²) in [5.41, 5.74) is 7.22. The molecule has 0 spiro atoms. The van der Waals surface area contributed by atoms with Crippen LogP contribution in [0.4, 0.5) is 5.69 Å². The molecule has 3 aliphatic heterocycles. The van der Waals surface area contributed by atoms with Crippen LogP contribution in [0.1, 0.15) is 46.4 Å². The van der Waals surface area contributed by atoms with Crippen LogP contribution in [-0.2, 0) is 46.0 Å². The first-order chi connectivity index (χ1) is 25.8. The molecule has 7 rings (SSSR count). The molecule has 1 aromatic heterocycles. The largest absolute Gasteiger partial charge is 0.368 e. The predicted molar refractivity (Wildman–Crippen MR) is 213 cm³/mol. The summed E-state index contributed by atoms with van der Waals surface area (Å²) in [6, 6.07) is 18.4. The Morgan fingerprint density at radius 1 is 0.889 bits per heavy atom. The monoisotopic (exact) mass is 793 g/mol. The third-order valence-electron chi connectivity index (χ3n) is 10.8. The van der Waals surface area contributed by atoms with Gasteiger partial charge < -0.3 is 15.1 Å². The number of rotatable bonds is 13. The molecule has 0 aliphatic carbocycles.